The number of anilines is 1. The molecule has 15 heavy (non-hydrogen) atoms. The van der Waals surface area contributed by atoms with Gasteiger partial charge >= 0.3 is 0 Å². The Kier molecular flexibility index (Phi) is 3.85. The van der Waals surface area contributed by atoms with E-state index in [-0.39, 0.29) is 0 Å². The molecule has 0 aromatic heterocycles. The van der Waals surface area contributed by atoms with Crippen molar-refractivity contribution >= 4 is 17.6 Å². The molecule has 0 spiro atoms. The normalized spacial score (nSPS) is 17.7. The first-order valence-corrected chi connectivity index (χ1v) is 5.82. The van der Waals surface area contributed by atoms with Crippen molar-refractivity contribution in [3.8, 4) is 0 Å². The van der Waals surface area contributed by atoms with E-state index in [0.29, 0.717) is 0 Å². The molecule has 1 aromatic carbocycles. The van der Waals surface area contributed by atoms with Gasteiger partial charge in [-0.1, -0.05) is 0 Å². The summed E-state index contributed by atoms with van der Waals surface area (Å²) in [7, 11) is 0. The van der Waals surface area contributed by atoms with Gasteiger partial charge in [0.25, 0.3) is 0 Å². The van der Waals surface area contributed by atoms with Crippen molar-refractivity contribution in [3.05, 3.63) is 24.3 Å². The summed E-state index contributed by atoms with van der Waals surface area (Å²) in [5.74, 6) is 0. The van der Waals surface area contributed by atoms with Crippen LogP contribution in [0.4, 0.5) is 5.69 Å². The lowest BCUT2D eigenvalue weighted by atomic mass is 10.3. The third-order valence-corrected chi connectivity index (χ3v) is 2.83. The van der Waals surface area contributed by atoms with Crippen LogP contribution in [0.5, 0.6) is 0 Å². The molecule has 0 bridgehead atoms. The first-order chi connectivity index (χ1) is 7.38. The summed E-state index contributed by atoms with van der Waals surface area (Å²) < 4.78 is 5.27. The third kappa shape index (κ3) is 3.10. The van der Waals surface area contributed by atoms with Gasteiger partial charge in [0, 0.05) is 23.7 Å². The SMILES string of the molecule is NSc1ccc(NN2CCOCC2)cc1. The predicted octanol–water partition coefficient (Wildman–Crippen LogP) is 1.31. The van der Waals surface area contributed by atoms with Crippen LogP contribution < -0.4 is 10.6 Å². The number of hydrogen-bond acceptors (Lipinski definition) is 5. The van der Waals surface area contributed by atoms with Crippen molar-refractivity contribution < 1.29 is 4.74 Å². The number of rotatable bonds is 3. The molecule has 1 saturated heterocycles. The molecule has 1 aliphatic rings. The summed E-state index contributed by atoms with van der Waals surface area (Å²) in [6.07, 6.45) is 0. The Bertz CT molecular complexity index is 298. The van der Waals surface area contributed by atoms with E-state index in [1.165, 1.54) is 11.9 Å². The molecule has 1 aromatic rings. The zero-order valence-corrected chi connectivity index (χ0v) is 9.30. The predicted molar refractivity (Wildman–Crippen MR) is 62.5 cm³/mol. The molecule has 0 radical (unpaired) electrons. The Labute approximate surface area is 93.9 Å². The number of nitrogens with one attached hydrogen (secondary N) is 1. The molecular formula is C10H15N3OS. The summed E-state index contributed by atoms with van der Waals surface area (Å²) in [6, 6.07) is 8.08. The van der Waals surface area contributed by atoms with E-state index in [0.717, 1.165) is 36.9 Å². The van der Waals surface area contributed by atoms with Gasteiger partial charge in [-0.15, -0.1) is 0 Å². The minimum absolute atomic E-state index is 0.795. The number of nitrogens with two attached hydrogens (primary N) is 1. The quantitative estimate of drug-likeness (QED) is 0.760. The number of morpholine rings is 1. The van der Waals surface area contributed by atoms with E-state index >= 15 is 0 Å². The molecule has 5 heteroatoms. The van der Waals surface area contributed by atoms with Crippen LogP contribution in [0.1, 0.15) is 0 Å². The van der Waals surface area contributed by atoms with Gasteiger partial charge in [-0.05, 0) is 36.2 Å². The number of nitrogens with zero attached hydrogens (tertiary/aromatic N) is 1. The van der Waals surface area contributed by atoms with Gasteiger partial charge in [-0.25, -0.2) is 5.01 Å². The topological polar surface area (TPSA) is 50.5 Å². The number of hydrogen-bond donors (Lipinski definition) is 2. The van der Waals surface area contributed by atoms with E-state index in [4.69, 9.17) is 9.88 Å². The van der Waals surface area contributed by atoms with Gasteiger partial charge in [-0.3, -0.25) is 5.14 Å². The summed E-state index contributed by atoms with van der Waals surface area (Å²) in [5.41, 5.74) is 4.43. The lowest BCUT2D eigenvalue weighted by Crippen LogP contribution is -2.40. The molecule has 4 nitrogen and oxygen atoms in total. The second kappa shape index (κ2) is 5.37. The van der Waals surface area contributed by atoms with E-state index in [1.807, 2.05) is 24.3 Å². The van der Waals surface area contributed by atoms with Gasteiger partial charge in [0.1, 0.15) is 0 Å². The zero-order chi connectivity index (χ0) is 10.5. The lowest BCUT2D eigenvalue weighted by molar-refractivity contribution is 0.0497. The molecule has 82 valence electrons. The zero-order valence-electron chi connectivity index (χ0n) is 8.48. The fourth-order valence-corrected chi connectivity index (χ4v) is 1.76. The average molecular weight is 225 g/mol. The Morgan fingerprint density at radius 2 is 1.87 bits per heavy atom. The molecule has 1 aliphatic heterocycles. The number of hydrazine groups is 1. The monoisotopic (exact) mass is 225 g/mol. The summed E-state index contributed by atoms with van der Waals surface area (Å²) in [6.45, 7) is 3.44. The van der Waals surface area contributed by atoms with Gasteiger partial charge in [0.15, 0.2) is 0 Å². The largest absolute Gasteiger partial charge is 0.379 e. The first kappa shape index (κ1) is 10.8. The van der Waals surface area contributed by atoms with Gasteiger partial charge in [-0.2, -0.15) is 0 Å². The Morgan fingerprint density at radius 1 is 1.20 bits per heavy atom. The van der Waals surface area contributed by atoms with Gasteiger partial charge in [0.05, 0.1) is 13.2 Å². The Hall–Kier alpha value is -0.750. The van der Waals surface area contributed by atoms with E-state index in [1.54, 1.807) is 0 Å². The minimum atomic E-state index is 0.795. The highest BCUT2D eigenvalue weighted by Crippen LogP contribution is 2.16. The van der Waals surface area contributed by atoms with Crippen molar-refractivity contribution in [3.63, 3.8) is 0 Å². The Morgan fingerprint density at radius 3 is 2.47 bits per heavy atom. The molecule has 3 N–H and O–H groups in total. The first-order valence-electron chi connectivity index (χ1n) is 4.94. The summed E-state index contributed by atoms with van der Waals surface area (Å²) in [5, 5.41) is 7.61. The standard InChI is InChI=1S/C10H15N3OS/c11-15-10-3-1-9(2-4-10)12-13-5-7-14-8-6-13/h1-4,12H,5-8,11H2. The second-order valence-electron chi connectivity index (χ2n) is 3.35. The fourth-order valence-electron chi connectivity index (χ4n) is 1.47. The maximum atomic E-state index is 5.45. The highest BCUT2D eigenvalue weighted by atomic mass is 32.2. The molecule has 2 rings (SSSR count). The fraction of sp³-hybridized carbons (Fsp3) is 0.400. The lowest BCUT2D eigenvalue weighted by Gasteiger charge is -2.27. The molecule has 0 unspecified atom stereocenters. The van der Waals surface area contributed by atoms with Crippen molar-refractivity contribution in [2.75, 3.05) is 31.7 Å². The van der Waals surface area contributed by atoms with Crippen LogP contribution in [0, 0.1) is 0 Å². The van der Waals surface area contributed by atoms with Crippen LogP contribution >= 0.6 is 11.9 Å². The van der Waals surface area contributed by atoms with Crippen LogP contribution in [0.25, 0.3) is 0 Å². The minimum Gasteiger partial charge on any atom is -0.379 e. The van der Waals surface area contributed by atoms with Crippen molar-refractivity contribution in [1.29, 1.82) is 0 Å². The van der Waals surface area contributed by atoms with Crippen molar-refractivity contribution in [2.45, 2.75) is 4.90 Å². The maximum Gasteiger partial charge on any atom is 0.0612 e. The average Bonchev–Trinajstić information content (AvgIpc) is 2.31. The highest BCUT2D eigenvalue weighted by molar-refractivity contribution is 7.97. The van der Waals surface area contributed by atoms with E-state index in [2.05, 4.69) is 10.4 Å². The van der Waals surface area contributed by atoms with Crippen LogP contribution in [0.15, 0.2) is 29.2 Å². The van der Waals surface area contributed by atoms with Crippen LogP contribution in [-0.2, 0) is 4.74 Å². The van der Waals surface area contributed by atoms with Crippen LogP contribution in [0.3, 0.4) is 0 Å². The van der Waals surface area contributed by atoms with E-state index in [9.17, 15) is 0 Å². The molecule has 0 atom stereocenters. The van der Waals surface area contributed by atoms with Crippen LogP contribution in [-0.4, -0.2) is 31.3 Å². The van der Waals surface area contributed by atoms with E-state index < -0.39 is 0 Å². The van der Waals surface area contributed by atoms with Crippen LogP contribution in [0.2, 0.25) is 0 Å². The van der Waals surface area contributed by atoms with Crippen molar-refractivity contribution in [2.24, 2.45) is 5.14 Å². The third-order valence-electron chi connectivity index (χ3n) is 2.29. The molecular weight excluding hydrogens is 210 g/mol. The molecule has 1 fully saturated rings. The number of benzene rings is 1. The smallest absolute Gasteiger partial charge is 0.0612 e. The van der Waals surface area contributed by atoms with Crippen molar-refractivity contribution in [1.82, 2.24) is 5.01 Å². The second-order valence-corrected chi connectivity index (χ2v) is 4.06. The maximum absolute atomic E-state index is 5.45. The molecule has 0 amide bonds. The highest BCUT2D eigenvalue weighted by Gasteiger charge is 2.09. The molecule has 0 aliphatic carbocycles. The molecule has 1 heterocycles. The Balaban J connectivity index is 1.91. The van der Waals surface area contributed by atoms with Gasteiger partial charge in [0.2, 0.25) is 0 Å². The summed E-state index contributed by atoms with van der Waals surface area (Å²) >= 11 is 1.26. The number of ether oxygens (including phenoxy) is 1. The van der Waals surface area contributed by atoms with Gasteiger partial charge < -0.3 is 10.2 Å². The summed E-state index contributed by atoms with van der Waals surface area (Å²) in [4.78, 5) is 1.07. The molecule has 0 saturated carbocycles.